The number of hydrogen-bond acceptors (Lipinski definition) is 4. The van der Waals surface area contributed by atoms with Gasteiger partial charge in [0.1, 0.15) is 5.76 Å². The molecule has 162 valence electrons. The van der Waals surface area contributed by atoms with Crippen molar-refractivity contribution >= 4 is 34.9 Å². The molecule has 0 fully saturated rings. The lowest BCUT2D eigenvalue weighted by Crippen LogP contribution is -2.36. The number of nitrogens with one attached hydrogen (secondary N) is 2. The number of halogens is 1. The number of furan rings is 1. The molecule has 0 aliphatic heterocycles. The lowest BCUT2D eigenvalue weighted by Gasteiger charge is -2.22. The highest BCUT2D eigenvalue weighted by molar-refractivity contribution is 6.30. The van der Waals surface area contributed by atoms with Crippen LogP contribution in [-0.2, 0) is 0 Å². The standard InChI is InChI=1S/C23H25ClN4O3/c1-27(2)20(21-5-4-14-31-21)15-25-23(30)26-18-10-12-19(13-11-18)28(3)22(29)16-6-8-17(24)9-7-16/h4-14,20H,15H2,1-3H3,(H2,25,26,30). The number of likely N-dealkylation sites (N-methyl/N-ethyl adjacent to an activating group) is 1. The summed E-state index contributed by atoms with van der Waals surface area (Å²) in [4.78, 5) is 28.4. The third-order valence-corrected chi connectivity index (χ3v) is 5.11. The van der Waals surface area contributed by atoms with E-state index in [2.05, 4.69) is 10.6 Å². The molecule has 31 heavy (non-hydrogen) atoms. The second-order valence-electron chi connectivity index (χ2n) is 7.25. The minimum absolute atomic E-state index is 0.0735. The zero-order chi connectivity index (χ0) is 22.4. The van der Waals surface area contributed by atoms with Gasteiger partial charge < -0.3 is 20.0 Å². The minimum atomic E-state index is -0.322. The van der Waals surface area contributed by atoms with Crippen LogP contribution in [0.25, 0.3) is 0 Å². The van der Waals surface area contributed by atoms with Crippen LogP contribution in [0.15, 0.2) is 71.3 Å². The number of urea groups is 1. The van der Waals surface area contributed by atoms with Crippen molar-refractivity contribution in [2.24, 2.45) is 0 Å². The van der Waals surface area contributed by atoms with Crippen molar-refractivity contribution in [3.8, 4) is 0 Å². The van der Waals surface area contributed by atoms with Gasteiger partial charge >= 0.3 is 6.03 Å². The molecule has 0 radical (unpaired) electrons. The van der Waals surface area contributed by atoms with Crippen molar-refractivity contribution in [2.45, 2.75) is 6.04 Å². The molecule has 3 rings (SSSR count). The molecule has 3 amide bonds. The van der Waals surface area contributed by atoms with Gasteiger partial charge in [-0.05, 0) is 74.8 Å². The summed E-state index contributed by atoms with van der Waals surface area (Å²) >= 11 is 5.88. The molecule has 0 saturated carbocycles. The van der Waals surface area contributed by atoms with Crippen molar-refractivity contribution < 1.29 is 14.0 Å². The average Bonchev–Trinajstić information content (AvgIpc) is 3.28. The van der Waals surface area contributed by atoms with E-state index >= 15 is 0 Å². The second kappa shape index (κ2) is 10.1. The Morgan fingerprint density at radius 3 is 2.26 bits per heavy atom. The largest absolute Gasteiger partial charge is 0.468 e. The maximum atomic E-state index is 12.6. The number of nitrogens with zero attached hydrogens (tertiary/aromatic N) is 2. The molecule has 3 aromatic rings. The fraction of sp³-hybridized carbons (Fsp3) is 0.217. The number of hydrogen-bond donors (Lipinski definition) is 2. The fourth-order valence-electron chi connectivity index (χ4n) is 3.05. The summed E-state index contributed by atoms with van der Waals surface area (Å²) in [5.74, 6) is 0.630. The van der Waals surface area contributed by atoms with Crippen LogP contribution in [0.1, 0.15) is 22.2 Å². The number of carbonyl (C=O) groups is 2. The summed E-state index contributed by atoms with van der Waals surface area (Å²) < 4.78 is 5.45. The normalized spacial score (nSPS) is 11.8. The van der Waals surface area contributed by atoms with Gasteiger partial charge in [-0.2, -0.15) is 0 Å². The number of amides is 3. The molecule has 8 heteroatoms. The molecule has 1 atom stereocenters. The third-order valence-electron chi connectivity index (χ3n) is 4.86. The van der Waals surface area contributed by atoms with Crippen LogP contribution < -0.4 is 15.5 Å². The molecular weight excluding hydrogens is 416 g/mol. The third kappa shape index (κ3) is 5.87. The van der Waals surface area contributed by atoms with Crippen LogP contribution in [-0.4, -0.2) is 44.5 Å². The second-order valence-corrected chi connectivity index (χ2v) is 7.68. The number of carbonyl (C=O) groups excluding carboxylic acids is 2. The molecule has 0 bridgehead atoms. The van der Waals surface area contributed by atoms with E-state index < -0.39 is 0 Å². The van der Waals surface area contributed by atoms with Gasteiger partial charge in [0.2, 0.25) is 0 Å². The minimum Gasteiger partial charge on any atom is -0.468 e. The van der Waals surface area contributed by atoms with Crippen molar-refractivity contribution in [2.75, 3.05) is 37.9 Å². The summed E-state index contributed by atoms with van der Waals surface area (Å²) in [7, 11) is 5.54. The van der Waals surface area contributed by atoms with Crippen molar-refractivity contribution in [3.63, 3.8) is 0 Å². The van der Waals surface area contributed by atoms with Crippen LogP contribution in [0.4, 0.5) is 16.2 Å². The summed E-state index contributed by atoms with van der Waals surface area (Å²) in [6.07, 6.45) is 1.61. The summed E-state index contributed by atoms with van der Waals surface area (Å²) in [5.41, 5.74) is 1.87. The Balaban J connectivity index is 1.56. The highest BCUT2D eigenvalue weighted by Crippen LogP contribution is 2.20. The Hall–Kier alpha value is -3.29. The van der Waals surface area contributed by atoms with Gasteiger partial charge in [-0.25, -0.2) is 4.79 Å². The fourth-order valence-corrected chi connectivity index (χ4v) is 3.18. The first-order valence-electron chi connectivity index (χ1n) is 9.73. The summed E-state index contributed by atoms with van der Waals surface area (Å²) in [6, 6.07) is 17.1. The van der Waals surface area contributed by atoms with E-state index in [9.17, 15) is 9.59 Å². The first-order valence-corrected chi connectivity index (χ1v) is 10.1. The number of anilines is 2. The van der Waals surface area contributed by atoms with Crippen LogP contribution in [0, 0.1) is 0 Å². The highest BCUT2D eigenvalue weighted by Gasteiger charge is 2.18. The topological polar surface area (TPSA) is 77.8 Å². The lowest BCUT2D eigenvalue weighted by molar-refractivity contribution is 0.0993. The predicted molar refractivity (Wildman–Crippen MR) is 123 cm³/mol. The summed E-state index contributed by atoms with van der Waals surface area (Å²) in [6.45, 7) is 0.392. The Kier molecular flexibility index (Phi) is 7.33. The Bertz CT molecular complexity index is 1000. The lowest BCUT2D eigenvalue weighted by atomic mass is 10.2. The Labute approximate surface area is 186 Å². The van der Waals surface area contributed by atoms with Gasteiger partial charge in [-0.3, -0.25) is 9.69 Å². The highest BCUT2D eigenvalue weighted by atomic mass is 35.5. The Morgan fingerprint density at radius 2 is 1.68 bits per heavy atom. The van der Waals surface area contributed by atoms with E-state index in [1.165, 1.54) is 4.90 Å². The first kappa shape index (κ1) is 22.4. The van der Waals surface area contributed by atoms with Crippen LogP contribution in [0.2, 0.25) is 5.02 Å². The van der Waals surface area contributed by atoms with Gasteiger partial charge in [0.25, 0.3) is 5.91 Å². The summed E-state index contributed by atoms with van der Waals surface area (Å²) in [5, 5.41) is 6.23. The number of rotatable bonds is 7. The van der Waals surface area contributed by atoms with Gasteiger partial charge in [0, 0.05) is 35.6 Å². The van der Waals surface area contributed by atoms with E-state index in [1.54, 1.807) is 61.8 Å². The SMILES string of the molecule is CN(C(=O)c1ccc(Cl)cc1)c1ccc(NC(=O)NCC(c2ccco2)N(C)C)cc1. The van der Waals surface area contributed by atoms with Gasteiger partial charge in [0.05, 0.1) is 12.3 Å². The van der Waals surface area contributed by atoms with Crippen molar-refractivity contribution in [1.82, 2.24) is 10.2 Å². The molecule has 0 aliphatic rings. The van der Waals surface area contributed by atoms with E-state index in [1.807, 2.05) is 31.1 Å². The maximum absolute atomic E-state index is 12.6. The quantitative estimate of drug-likeness (QED) is 0.561. The monoisotopic (exact) mass is 440 g/mol. The zero-order valence-corrected chi connectivity index (χ0v) is 18.4. The molecule has 0 aliphatic carbocycles. The van der Waals surface area contributed by atoms with Gasteiger partial charge in [0.15, 0.2) is 0 Å². The molecule has 1 unspecified atom stereocenters. The zero-order valence-electron chi connectivity index (χ0n) is 17.6. The average molecular weight is 441 g/mol. The van der Waals surface area contributed by atoms with E-state index in [0.717, 1.165) is 5.76 Å². The van der Waals surface area contributed by atoms with Crippen molar-refractivity contribution in [1.29, 1.82) is 0 Å². The van der Waals surface area contributed by atoms with Crippen molar-refractivity contribution in [3.05, 3.63) is 83.3 Å². The molecule has 1 heterocycles. The smallest absolute Gasteiger partial charge is 0.319 e. The van der Waals surface area contributed by atoms with Crippen LogP contribution in [0.5, 0.6) is 0 Å². The molecule has 2 N–H and O–H groups in total. The molecule has 7 nitrogen and oxygen atoms in total. The van der Waals surface area contributed by atoms with Gasteiger partial charge in [-0.15, -0.1) is 0 Å². The van der Waals surface area contributed by atoms with Crippen LogP contribution in [0.3, 0.4) is 0 Å². The molecular formula is C23H25ClN4O3. The molecule has 2 aromatic carbocycles. The van der Waals surface area contributed by atoms with Crippen LogP contribution >= 0.6 is 11.6 Å². The van der Waals surface area contributed by atoms with E-state index in [4.69, 9.17) is 16.0 Å². The van der Waals surface area contributed by atoms with E-state index in [-0.39, 0.29) is 18.0 Å². The number of benzene rings is 2. The van der Waals surface area contributed by atoms with E-state index in [0.29, 0.717) is 28.5 Å². The molecule has 0 saturated heterocycles. The molecule has 1 aromatic heterocycles. The molecule has 0 spiro atoms. The van der Waals surface area contributed by atoms with Gasteiger partial charge in [-0.1, -0.05) is 11.6 Å². The maximum Gasteiger partial charge on any atom is 0.319 e. The first-order chi connectivity index (χ1) is 14.8. The Morgan fingerprint density at radius 1 is 1.00 bits per heavy atom. The predicted octanol–water partition coefficient (Wildman–Crippen LogP) is 4.63.